The Morgan fingerprint density at radius 3 is 1.59 bits per heavy atom. The molecule has 0 saturated carbocycles. The Morgan fingerprint density at radius 1 is 0.426 bits per heavy atom. The molecule has 0 saturated heterocycles. The number of aromatic nitrogens is 3. The molecule has 0 fully saturated rings. The fraction of sp³-hybridized carbons (Fsp3) is 0.0392. The summed E-state index contributed by atoms with van der Waals surface area (Å²) in [4.78, 5) is 13.7. The van der Waals surface area contributed by atoms with Crippen molar-refractivity contribution in [3.05, 3.63) is 121 Å². The van der Waals surface area contributed by atoms with Gasteiger partial charge in [-0.25, -0.2) is 15.0 Å². The normalized spacial score (nSPS) is 13.4. The molecule has 7 aromatic carbocycles. The molecule has 9 aromatic rings. The van der Waals surface area contributed by atoms with Crippen LogP contribution in [0.2, 0.25) is 0 Å². The van der Waals surface area contributed by atoms with Gasteiger partial charge in [0, 0.05) is 37.2 Å². The van der Waals surface area contributed by atoms with Crippen LogP contribution in [0, 0.1) is 0 Å². The van der Waals surface area contributed by atoms with Gasteiger partial charge in [-0.1, -0.05) is 115 Å². The first-order valence-electron chi connectivity index (χ1n) is 21.4. The summed E-state index contributed by atoms with van der Waals surface area (Å²) in [5.41, 5.74) is 3.53. The highest BCUT2D eigenvalue weighted by atomic mass is 32.1. The molecule has 0 aliphatic heterocycles. The van der Waals surface area contributed by atoms with E-state index < -0.39 is 92.0 Å². The Bertz CT molecular complexity index is 3530. The van der Waals surface area contributed by atoms with Crippen molar-refractivity contribution in [1.82, 2.24) is 15.0 Å². The molecule has 2 aromatic heterocycles. The summed E-state index contributed by atoms with van der Waals surface area (Å²) in [6.45, 7) is 0. The highest BCUT2D eigenvalue weighted by molar-refractivity contribution is 7.26. The predicted octanol–water partition coefficient (Wildman–Crippen LogP) is 5.67. The van der Waals surface area contributed by atoms with Crippen LogP contribution in [0.3, 0.4) is 0 Å². The summed E-state index contributed by atoms with van der Waals surface area (Å²) < 4.78 is 1.65. The van der Waals surface area contributed by atoms with Crippen molar-refractivity contribution >= 4 is 71.4 Å². The van der Waals surface area contributed by atoms with Gasteiger partial charge >= 0.3 is 0 Å². The molecular formula is C51H38B3N3O10S. The zero-order chi connectivity index (χ0) is 47.9. The second-order valence-corrected chi connectivity index (χ2v) is 17.7. The van der Waals surface area contributed by atoms with E-state index >= 15 is 0 Å². The lowest BCUT2D eigenvalue weighted by Crippen LogP contribution is -2.28. The van der Waals surface area contributed by atoms with E-state index in [2.05, 4.69) is 45.3 Å². The van der Waals surface area contributed by atoms with Gasteiger partial charge in [-0.15, -0.1) is 11.3 Å². The number of nitrogens with zero attached hydrogens (tertiary/aromatic N) is 3. The van der Waals surface area contributed by atoms with E-state index in [1.165, 1.54) is 34.9 Å². The molecule has 1 atom stereocenters. The Kier molecular flexibility index (Phi) is 10.5. The lowest BCUT2D eigenvalue weighted by molar-refractivity contribution is 0.348. The van der Waals surface area contributed by atoms with Crippen molar-refractivity contribution in [2.24, 2.45) is 0 Å². The zero-order valence-corrected chi connectivity index (χ0v) is 37.3. The molecule has 1 aliphatic carbocycles. The van der Waals surface area contributed by atoms with E-state index in [1.807, 2.05) is 60.7 Å². The van der Waals surface area contributed by atoms with Gasteiger partial charge in [-0.05, 0) is 45.7 Å². The zero-order valence-electron chi connectivity index (χ0n) is 36.5. The Hall–Kier alpha value is -8.56. The number of benzene rings is 7. The van der Waals surface area contributed by atoms with Gasteiger partial charge < -0.3 is 51.1 Å². The topological polar surface area (TPSA) is 241 Å². The van der Waals surface area contributed by atoms with Gasteiger partial charge in [0.15, 0.2) is 46.2 Å². The lowest BCUT2D eigenvalue weighted by atomic mass is 9.76. The van der Waals surface area contributed by atoms with E-state index in [4.69, 9.17) is 0 Å². The van der Waals surface area contributed by atoms with Crippen LogP contribution in [0.15, 0.2) is 115 Å². The van der Waals surface area contributed by atoms with E-state index in [9.17, 15) is 51.1 Å². The summed E-state index contributed by atoms with van der Waals surface area (Å²) in [5, 5.41) is 116. The number of hydrogen-bond donors (Lipinski definition) is 10. The van der Waals surface area contributed by atoms with Crippen molar-refractivity contribution in [2.75, 3.05) is 0 Å². The molecule has 0 radical (unpaired) electrons. The van der Waals surface area contributed by atoms with Crippen LogP contribution < -0.4 is 16.4 Å². The van der Waals surface area contributed by atoms with Gasteiger partial charge in [0.25, 0.3) is 0 Å². The number of fused-ring (bicyclic) bond motifs is 3. The molecule has 17 heteroatoms. The third-order valence-corrected chi connectivity index (χ3v) is 14.1. The third-order valence-electron chi connectivity index (χ3n) is 12.8. The van der Waals surface area contributed by atoms with Gasteiger partial charge in [0.2, 0.25) is 11.5 Å². The highest BCUT2D eigenvalue weighted by Gasteiger charge is 2.34. The molecule has 332 valence electrons. The average Bonchev–Trinajstić information content (AvgIpc) is 3.74. The molecule has 1 unspecified atom stereocenters. The predicted molar refractivity (Wildman–Crippen MR) is 272 cm³/mol. The summed E-state index contributed by atoms with van der Waals surface area (Å²) >= 11 is 1.47. The SMILES string of the molecule is Bc1c(B)c(-c2nc(-c3c(B)c(O)c(O)c(O)c3O)nc(-c3c(O)c(-c4cccc5c4sc4c(-c6cccc(-c7ccccc7)c6)cccc45)c(O)c(C4C=CC=CC4)c3O)n2)c(O)c(O)c1O. The van der Waals surface area contributed by atoms with Crippen LogP contribution in [0.25, 0.3) is 87.7 Å². The Morgan fingerprint density at radius 2 is 0.941 bits per heavy atom. The second-order valence-electron chi connectivity index (χ2n) is 16.6. The van der Waals surface area contributed by atoms with Crippen LogP contribution in [0.5, 0.6) is 57.5 Å². The number of aromatic hydroxyl groups is 10. The maximum atomic E-state index is 12.7. The molecule has 0 bridgehead atoms. The molecule has 10 N–H and O–H groups in total. The Balaban J connectivity index is 1.27. The maximum Gasteiger partial charge on any atom is 0.205 e. The molecule has 2 heterocycles. The fourth-order valence-electron chi connectivity index (χ4n) is 9.11. The number of rotatable bonds is 7. The van der Waals surface area contributed by atoms with E-state index in [1.54, 1.807) is 24.3 Å². The Labute approximate surface area is 394 Å². The number of phenolic OH excluding ortho intramolecular Hbond substituents is 10. The molecular weight excluding hydrogens is 879 g/mol. The first-order chi connectivity index (χ1) is 32.7. The minimum absolute atomic E-state index is 0.0181. The fourth-order valence-corrected chi connectivity index (χ4v) is 10.5. The second kappa shape index (κ2) is 16.4. The van der Waals surface area contributed by atoms with Crippen LogP contribution in [0.4, 0.5) is 0 Å². The number of hydrogen-bond acceptors (Lipinski definition) is 14. The van der Waals surface area contributed by atoms with Crippen LogP contribution >= 0.6 is 11.3 Å². The summed E-state index contributed by atoms with van der Waals surface area (Å²) in [6, 6.07) is 29.9. The molecule has 68 heavy (non-hydrogen) atoms. The van der Waals surface area contributed by atoms with Crippen molar-refractivity contribution < 1.29 is 51.1 Å². The highest BCUT2D eigenvalue weighted by Crippen LogP contribution is 2.57. The van der Waals surface area contributed by atoms with Crippen LogP contribution in [-0.2, 0) is 0 Å². The maximum absolute atomic E-state index is 12.7. The van der Waals surface area contributed by atoms with Crippen molar-refractivity contribution in [1.29, 1.82) is 0 Å². The van der Waals surface area contributed by atoms with Crippen molar-refractivity contribution in [3.63, 3.8) is 0 Å². The van der Waals surface area contributed by atoms with E-state index in [0.29, 0.717) is 16.7 Å². The minimum atomic E-state index is -1.11. The van der Waals surface area contributed by atoms with Crippen LogP contribution in [-0.4, -0.2) is 89.6 Å². The molecule has 0 amide bonds. The standard InChI is InChI=1S/C51H38B3N3O10S/c52-34-31(40(61)44(65)43(64)36(34)54)49-55-50(32-35(53)42(63)46(67)45(66)41(32)62)57-51(56-49)33-38(59)29(22-12-5-2-6-13-22)37(58)30(39(33)60)28-19-9-18-27-26-17-8-16-25(47(26)68-48(27)28)24-15-7-14-23(20-24)21-10-3-1-4-11-21/h1-12,14-20,22,58-67H,13,52-54H2. The quantitative estimate of drug-likeness (QED) is 0.0527. The van der Waals surface area contributed by atoms with Crippen molar-refractivity contribution in [3.8, 4) is 125 Å². The largest absolute Gasteiger partial charge is 0.507 e. The minimum Gasteiger partial charge on any atom is -0.507 e. The average molecular weight is 917 g/mol. The summed E-state index contributed by atoms with van der Waals surface area (Å²) in [7, 11) is 4.29. The van der Waals surface area contributed by atoms with Gasteiger partial charge in [0.05, 0.1) is 16.7 Å². The number of thiophene rings is 1. The molecule has 10 rings (SSSR count). The smallest absolute Gasteiger partial charge is 0.205 e. The first kappa shape index (κ1) is 43.3. The molecule has 13 nitrogen and oxygen atoms in total. The monoisotopic (exact) mass is 917 g/mol. The summed E-state index contributed by atoms with van der Waals surface area (Å²) in [6.07, 6.45) is 7.57. The summed E-state index contributed by atoms with van der Waals surface area (Å²) in [5.74, 6) is -9.95. The first-order valence-corrected chi connectivity index (χ1v) is 22.2. The third kappa shape index (κ3) is 6.69. The lowest BCUT2D eigenvalue weighted by Gasteiger charge is -2.23. The van der Waals surface area contributed by atoms with Gasteiger partial charge in [-0.2, -0.15) is 0 Å². The van der Waals surface area contributed by atoms with Crippen molar-refractivity contribution in [2.45, 2.75) is 12.3 Å². The number of phenols is 10. The van der Waals surface area contributed by atoms with E-state index in [0.717, 1.165) is 37.7 Å². The molecule has 1 aliphatic rings. The molecule has 0 spiro atoms. The van der Waals surface area contributed by atoms with Crippen LogP contribution in [0.1, 0.15) is 17.9 Å². The number of allylic oxidation sites excluding steroid dienone is 4. The van der Waals surface area contributed by atoms with Gasteiger partial charge in [-0.3, -0.25) is 0 Å². The van der Waals surface area contributed by atoms with Gasteiger partial charge in [0.1, 0.15) is 46.4 Å². The van der Waals surface area contributed by atoms with E-state index in [-0.39, 0.29) is 33.1 Å².